The second-order valence-electron chi connectivity index (χ2n) is 6.83. The first-order valence-electron chi connectivity index (χ1n) is 8.77. The molecular formula is C20H21NO4S. The van der Waals surface area contributed by atoms with Crippen molar-refractivity contribution in [3.8, 4) is 0 Å². The van der Waals surface area contributed by atoms with E-state index in [1.165, 1.54) is 16.7 Å². The minimum absolute atomic E-state index is 0.0368. The number of aryl methyl sites for hydroxylation is 1. The van der Waals surface area contributed by atoms with Crippen LogP contribution in [0.2, 0.25) is 0 Å². The summed E-state index contributed by atoms with van der Waals surface area (Å²) in [7, 11) is 0. The van der Waals surface area contributed by atoms with Crippen molar-refractivity contribution >= 4 is 28.9 Å². The third kappa shape index (κ3) is 4.25. The number of carboxylic acid groups (broad SMARTS) is 1. The summed E-state index contributed by atoms with van der Waals surface area (Å²) in [4.78, 5) is 40.1. The fourth-order valence-corrected chi connectivity index (χ4v) is 4.21. The standard InChI is InChI=1S/C20H21NO4S/c1-12-6-7-14(16(8-12)19(23)13-4-2-3-5-13)9-15(22)10-18-21-17(11-26-18)20(24)25/h6-8,11,13H,2-5,9-10H2,1H3,(H,24,25). The summed E-state index contributed by atoms with van der Waals surface area (Å²) in [5.74, 6) is -0.942. The van der Waals surface area contributed by atoms with Gasteiger partial charge in [-0.05, 0) is 31.4 Å². The molecule has 136 valence electrons. The first kappa shape index (κ1) is 18.5. The van der Waals surface area contributed by atoms with Crippen LogP contribution >= 0.6 is 11.3 Å². The molecular weight excluding hydrogens is 350 g/mol. The Morgan fingerprint density at radius 2 is 1.92 bits per heavy atom. The van der Waals surface area contributed by atoms with Crippen LogP contribution in [0.15, 0.2) is 23.6 Å². The lowest BCUT2D eigenvalue weighted by Crippen LogP contribution is -2.16. The maximum Gasteiger partial charge on any atom is 0.355 e. The molecule has 1 fully saturated rings. The number of nitrogens with zero attached hydrogens (tertiary/aromatic N) is 1. The number of Topliss-reactive ketones (excluding diaryl/α,β-unsaturated/α-hetero) is 2. The zero-order valence-electron chi connectivity index (χ0n) is 14.7. The predicted octanol–water partition coefficient (Wildman–Crippen LogP) is 3.88. The largest absolute Gasteiger partial charge is 0.476 e. The molecule has 1 aliphatic rings. The van der Waals surface area contributed by atoms with Crippen LogP contribution in [0, 0.1) is 12.8 Å². The molecule has 1 N–H and O–H groups in total. The average molecular weight is 371 g/mol. The average Bonchev–Trinajstić information content (AvgIpc) is 3.27. The molecule has 0 unspecified atom stereocenters. The highest BCUT2D eigenvalue weighted by molar-refractivity contribution is 7.09. The predicted molar refractivity (Wildman–Crippen MR) is 99.0 cm³/mol. The third-order valence-electron chi connectivity index (χ3n) is 4.76. The summed E-state index contributed by atoms with van der Waals surface area (Å²) in [5.41, 5.74) is 2.39. The Morgan fingerprint density at radius 3 is 2.58 bits per heavy atom. The molecule has 0 amide bonds. The van der Waals surface area contributed by atoms with Gasteiger partial charge in [-0.2, -0.15) is 0 Å². The van der Waals surface area contributed by atoms with Crippen LogP contribution in [-0.4, -0.2) is 27.6 Å². The van der Waals surface area contributed by atoms with Crippen LogP contribution in [0.4, 0.5) is 0 Å². The number of benzene rings is 1. The Hall–Kier alpha value is -2.34. The van der Waals surface area contributed by atoms with Crippen molar-refractivity contribution < 1.29 is 19.5 Å². The molecule has 6 heteroatoms. The van der Waals surface area contributed by atoms with Crippen molar-refractivity contribution in [3.05, 3.63) is 51.0 Å². The normalized spacial score (nSPS) is 14.5. The Bertz CT molecular complexity index is 849. The molecule has 0 bridgehead atoms. The molecule has 3 rings (SSSR count). The Balaban J connectivity index is 1.74. The number of ketones is 2. The van der Waals surface area contributed by atoms with E-state index in [1.807, 2.05) is 25.1 Å². The molecule has 5 nitrogen and oxygen atoms in total. The first-order valence-corrected chi connectivity index (χ1v) is 9.65. The van der Waals surface area contributed by atoms with Gasteiger partial charge in [0.1, 0.15) is 10.8 Å². The van der Waals surface area contributed by atoms with Crippen LogP contribution < -0.4 is 0 Å². The number of aromatic nitrogens is 1. The quantitative estimate of drug-likeness (QED) is 0.747. The van der Waals surface area contributed by atoms with E-state index in [2.05, 4.69) is 4.98 Å². The van der Waals surface area contributed by atoms with E-state index in [0.29, 0.717) is 10.6 Å². The number of thiazole rings is 1. The van der Waals surface area contributed by atoms with Gasteiger partial charge in [-0.15, -0.1) is 11.3 Å². The topological polar surface area (TPSA) is 84.3 Å². The van der Waals surface area contributed by atoms with Crippen molar-refractivity contribution in [2.75, 3.05) is 0 Å². The number of aromatic carboxylic acids is 1. The number of carbonyl (C=O) groups excluding carboxylic acids is 2. The van der Waals surface area contributed by atoms with E-state index in [9.17, 15) is 14.4 Å². The maximum atomic E-state index is 12.9. The zero-order valence-corrected chi connectivity index (χ0v) is 15.5. The Kier molecular flexibility index (Phi) is 5.61. The molecule has 0 atom stereocenters. The highest BCUT2D eigenvalue weighted by Gasteiger charge is 2.26. The summed E-state index contributed by atoms with van der Waals surface area (Å²) in [6, 6.07) is 5.66. The second-order valence-corrected chi connectivity index (χ2v) is 7.77. The van der Waals surface area contributed by atoms with Gasteiger partial charge >= 0.3 is 5.97 Å². The van der Waals surface area contributed by atoms with E-state index in [1.54, 1.807) is 0 Å². The number of hydrogen-bond acceptors (Lipinski definition) is 5. The van der Waals surface area contributed by atoms with Crippen molar-refractivity contribution in [1.82, 2.24) is 4.98 Å². The molecule has 1 aliphatic carbocycles. The van der Waals surface area contributed by atoms with E-state index >= 15 is 0 Å². The van der Waals surface area contributed by atoms with Crippen molar-refractivity contribution in [2.24, 2.45) is 5.92 Å². The van der Waals surface area contributed by atoms with Gasteiger partial charge < -0.3 is 5.11 Å². The summed E-state index contributed by atoms with van der Waals surface area (Å²) < 4.78 is 0. The van der Waals surface area contributed by atoms with Crippen LogP contribution in [0.25, 0.3) is 0 Å². The van der Waals surface area contributed by atoms with Crippen LogP contribution in [0.1, 0.15) is 62.7 Å². The van der Waals surface area contributed by atoms with Gasteiger partial charge in [0.2, 0.25) is 0 Å². The first-order chi connectivity index (χ1) is 12.4. The van der Waals surface area contributed by atoms with Crippen molar-refractivity contribution in [3.63, 3.8) is 0 Å². The number of carbonyl (C=O) groups is 3. The number of rotatable bonds is 7. The Labute approximate surface area is 156 Å². The van der Waals surface area contributed by atoms with Crippen molar-refractivity contribution in [1.29, 1.82) is 0 Å². The second kappa shape index (κ2) is 7.91. The molecule has 1 heterocycles. The van der Waals surface area contributed by atoms with E-state index in [0.717, 1.165) is 36.8 Å². The number of carboxylic acids is 1. The van der Waals surface area contributed by atoms with Crippen LogP contribution in [0.5, 0.6) is 0 Å². The highest BCUT2D eigenvalue weighted by Crippen LogP contribution is 2.29. The highest BCUT2D eigenvalue weighted by atomic mass is 32.1. The van der Waals surface area contributed by atoms with Gasteiger partial charge in [0.25, 0.3) is 0 Å². The summed E-state index contributed by atoms with van der Waals surface area (Å²) >= 11 is 1.17. The van der Waals surface area contributed by atoms with Gasteiger partial charge in [-0.1, -0.05) is 30.5 Å². The minimum Gasteiger partial charge on any atom is -0.476 e. The summed E-state index contributed by atoms with van der Waals surface area (Å²) in [5, 5.41) is 10.8. The molecule has 1 aromatic carbocycles. The lowest BCUT2D eigenvalue weighted by molar-refractivity contribution is -0.117. The van der Waals surface area contributed by atoms with E-state index in [4.69, 9.17) is 5.11 Å². The van der Waals surface area contributed by atoms with Gasteiger partial charge in [0, 0.05) is 23.3 Å². The van der Waals surface area contributed by atoms with E-state index < -0.39 is 5.97 Å². The fraction of sp³-hybridized carbons (Fsp3) is 0.400. The summed E-state index contributed by atoms with van der Waals surface area (Å²) in [6.45, 7) is 1.94. The summed E-state index contributed by atoms with van der Waals surface area (Å²) in [6.07, 6.45) is 4.28. The molecule has 26 heavy (non-hydrogen) atoms. The van der Waals surface area contributed by atoms with E-state index in [-0.39, 0.29) is 36.0 Å². The fourth-order valence-electron chi connectivity index (χ4n) is 3.42. The van der Waals surface area contributed by atoms with Crippen LogP contribution in [0.3, 0.4) is 0 Å². The maximum absolute atomic E-state index is 12.9. The third-order valence-corrected chi connectivity index (χ3v) is 5.61. The molecule has 1 saturated carbocycles. The van der Waals surface area contributed by atoms with Gasteiger partial charge in [-0.3, -0.25) is 9.59 Å². The van der Waals surface area contributed by atoms with Crippen molar-refractivity contribution in [2.45, 2.75) is 45.4 Å². The molecule has 0 saturated heterocycles. The Morgan fingerprint density at radius 1 is 1.19 bits per heavy atom. The molecule has 0 aliphatic heterocycles. The van der Waals surface area contributed by atoms with Gasteiger partial charge in [0.05, 0.1) is 6.42 Å². The number of hydrogen-bond donors (Lipinski definition) is 1. The monoisotopic (exact) mass is 371 g/mol. The minimum atomic E-state index is -1.09. The lowest BCUT2D eigenvalue weighted by Gasteiger charge is -2.13. The molecule has 0 radical (unpaired) electrons. The lowest BCUT2D eigenvalue weighted by atomic mass is 9.90. The zero-order chi connectivity index (χ0) is 18.7. The van der Waals surface area contributed by atoms with Crippen LogP contribution in [-0.2, 0) is 17.6 Å². The van der Waals surface area contributed by atoms with Gasteiger partial charge in [-0.25, -0.2) is 9.78 Å². The molecule has 0 spiro atoms. The molecule has 2 aromatic rings. The van der Waals surface area contributed by atoms with Gasteiger partial charge in [0.15, 0.2) is 11.5 Å². The SMILES string of the molecule is Cc1ccc(CC(=O)Cc2nc(C(=O)O)cs2)c(C(=O)C2CCCC2)c1. The smallest absolute Gasteiger partial charge is 0.355 e. The molecule has 1 aromatic heterocycles.